The van der Waals surface area contributed by atoms with Crippen molar-refractivity contribution in [2.24, 2.45) is 5.92 Å². The van der Waals surface area contributed by atoms with Gasteiger partial charge in [-0.15, -0.1) is 0 Å². The van der Waals surface area contributed by atoms with Gasteiger partial charge in [0.05, 0.1) is 26.4 Å². The number of esters is 4. The fourth-order valence-electron chi connectivity index (χ4n) is 10.6. The molecule has 0 saturated carbocycles. The average molecular weight is 1310 g/mol. The van der Waals surface area contributed by atoms with Gasteiger partial charge in [0.1, 0.15) is 19.3 Å². The number of carbonyl (C=O) groups is 4. The highest BCUT2D eigenvalue weighted by atomic mass is 31.2. The van der Waals surface area contributed by atoms with Gasteiger partial charge in [-0.2, -0.15) is 0 Å². The standard InChI is InChI=1S/C70H136O17P2/c1-6-9-12-15-18-20-22-24-26-27-28-30-32-34-40-45-50-55-69(74)86-66(60-81-68(73)54-49-44-39-33-31-29-25-23-21-19-16-13-10-7-2)62-85-89(78,79)83-58-64(71)57-82-88(76,77)84-61-65(59-80-67(72)53-48-43-37-17-14-11-8-3)87-70(75)56-51-46-41-36-35-38-42-47-52-63(4)5/h63-66,71H,6-62H2,1-5H3,(H,76,77)(H,78,79)/t64-,65+,66+/m0/s1. The van der Waals surface area contributed by atoms with Crippen LogP contribution in [0.4, 0.5) is 0 Å². The lowest BCUT2D eigenvalue weighted by Gasteiger charge is -2.21. The lowest BCUT2D eigenvalue weighted by molar-refractivity contribution is -0.161. The minimum atomic E-state index is -4.95. The summed E-state index contributed by atoms with van der Waals surface area (Å²) in [6, 6.07) is 0. The van der Waals surface area contributed by atoms with Gasteiger partial charge in [-0.3, -0.25) is 37.3 Å². The number of unbranched alkanes of at least 4 members (excludes halogenated alkanes) is 42. The zero-order chi connectivity index (χ0) is 65.6. The van der Waals surface area contributed by atoms with E-state index < -0.39 is 97.5 Å². The Kier molecular flexibility index (Phi) is 62.1. The fraction of sp³-hybridized carbons (Fsp3) is 0.943. The number of phosphoric ester groups is 2. The van der Waals surface area contributed by atoms with Crippen LogP contribution in [0, 0.1) is 5.92 Å². The predicted molar refractivity (Wildman–Crippen MR) is 358 cm³/mol. The van der Waals surface area contributed by atoms with Gasteiger partial charge < -0.3 is 33.8 Å². The van der Waals surface area contributed by atoms with Crippen LogP contribution in [0.5, 0.6) is 0 Å². The first kappa shape index (κ1) is 87.1. The summed E-state index contributed by atoms with van der Waals surface area (Å²) in [6.07, 6.45) is 50.1. The minimum Gasteiger partial charge on any atom is -0.462 e. The van der Waals surface area contributed by atoms with Gasteiger partial charge in [-0.25, -0.2) is 9.13 Å². The van der Waals surface area contributed by atoms with Gasteiger partial charge in [-0.05, 0) is 31.6 Å². The van der Waals surface area contributed by atoms with Crippen LogP contribution in [-0.4, -0.2) is 96.7 Å². The van der Waals surface area contributed by atoms with E-state index in [1.165, 1.54) is 173 Å². The molecule has 2 unspecified atom stereocenters. The van der Waals surface area contributed by atoms with Crippen LogP contribution in [0.2, 0.25) is 0 Å². The second kappa shape index (κ2) is 63.5. The molecule has 528 valence electrons. The van der Waals surface area contributed by atoms with Crippen molar-refractivity contribution < 1.29 is 80.2 Å². The topological polar surface area (TPSA) is 237 Å². The zero-order valence-electron chi connectivity index (χ0n) is 57.6. The van der Waals surface area contributed by atoms with Crippen LogP contribution in [0.15, 0.2) is 0 Å². The molecule has 3 N–H and O–H groups in total. The molecule has 0 aromatic heterocycles. The number of phosphoric acid groups is 2. The van der Waals surface area contributed by atoms with Gasteiger partial charge in [0.15, 0.2) is 12.2 Å². The van der Waals surface area contributed by atoms with Crippen LogP contribution < -0.4 is 0 Å². The lowest BCUT2D eigenvalue weighted by Crippen LogP contribution is -2.30. The number of ether oxygens (including phenoxy) is 4. The Morgan fingerprint density at radius 2 is 0.517 bits per heavy atom. The van der Waals surface area contributed by atoms with Crippen molar-refractivity contribution >= 4 is 39.5 Å². The molecule has 0 bridgehead atoms. The Labute approximate surface area is 543 Å². The average Bonchev–Trinajstić information content (AvgIpc) is 3.67. The third-order valence-corrected chi connectivity index (χ3v) is 18.2. The molecule has 0 heterocycles. The zero-order valence-corrected chi connectivity index (χ0v) is 59.4. The third kappa shape index (κ3) is 64.6. The predicted octanol–water partition coefficient (Wildman–Crippen LogP) is 20.1. The minimum absolute atomic E-state index is 0.104. The molecule has 0 aromatic rings. The van der Waals surface area contributed by atoms with Crippen molar-refractivity contribution in [3.63, 3.8) is 0 Å². The van der Waals surface area contributed by atoms with Gasteiger partial charge in [-0.1, -0.05) is 311 Å². The molecule has 17 nitrogen and oxygen atoms in total. The first-order chi connectivity index (χ1) is 43.0. The number of aliphatic hydroxyl groups is 1. The molecule has 0 saturated heterocycles. The van der Waals surface area contributed by atoms with E-state index in [2.05, 4.69) is 34.6 Å². The van der Waals surface area contributed by atoms with E-state index in [9.17, 15) is 43.2 Å². The Bertz CT molecular complexity index is 1720. The maximum atomic E-state index is 13.0. The van der Waals surface area contributed by atoms with Crippen molar-refractivity contribution in [3.05, 3.63) is 0 Å². The molecule has 0 aliphatic carbocycles. The highest BCUT2D eigenvalue weighted by molar-refractivity contribution is 7.47. The molecule has 5 atom stereocenters. The van der Waals surface area contributed by atoms with Crippen molar-refractivity contribution in [2.45, 2.75) is 380 Å². The maximum Gasteiger partial charge on any atom is 0.472 e. The molecule has 0 aromatic carbocycles. The number of hydrogen-bond acceptors (Lipinski definition) is 15. The van der Waals surface area contributed by atoms with E-state index in [0.29, 0.717) is 25.7 Å². The summed E-state index contributed by atoms with van der Waals surface area (Å²) in [5.74, 6) is -1.41. The molecule has 0 radical (unpaired) electrons. The molecular weight excluding hydrogens is 1170 g/mol. The highest BCUT2D eigenvalue weighted by Crippen LogP contribution is 2.45. The molecule has 0 aliphatic rings. The number of rotatable bonds is 70. The summed E-state index contributed by atoms with van der Waals surface area (Å²) in [7, 11) is -9.89. The monoisotopic (exact) mass is 1310 g/mol. The van der Waals surface area contributed by atoms with E-state index in [4.69, 9.17) is 37.0 Å². The maximum absolute atomic E-state index is 13.0. The Morgan fingerprint density at radius 1 is 0.303 bits per heavy atom. The SMILES string of the molecule is CCCCCCCCCCCCCCCCCCCC(=O)O[C@H](COC(=O)CCCCCCCCCCCCCCCC)COP(=O)(O)OC[C@@H](O)COP(=O)(O)OC[C@@H](COC(=O)CCCCCCCCC)OC(=O)CCCCCCCCCCC(C)C. The summed E-state index contributed by atoms with van der Waals surface area (Å²) >= 11 is 0. The second-order valence-corrected chi connectivity index (χ2v) is 28.7. The lowest BCUT2D eigenvalue weighted by atomic mass is 10.0. The molecule has 0 spiro atoms. The van der Waals surface area contributed by atoms with E-state index in [1.54, 1.807) is 0 Å². The van der Waals surface area contributed by atoms with E-state index in [0.717, 1.165) is 109 Å². The Balaban J connectivity index is 5.20. The summed E-state index contributed by atoms with van der Waals surface area (Å²) in [6.45, 7) is 7.17. The van der Waals surface area contributed by atoms with Gasteiger partial charge in [0, 0.05) is 25.7 Å². The van der Waals surface area contributed by atoms with Gasteiger partial charge in [0.2, 0.25) is 0 Å². The quantitative estimate of drug-likeness (QED) is 0.0222. The summed E-state index contributed by atoms with van der Waals surface area (Å²) in [4.78, 5) is 72.4. The summed E-state index contributed by atoms with van der Waals surface area (Å²) in [5.41, 5.74) is 0. The fourth-order valence-corrected chi connectivity index (χ4v) is 12.2. The van der Waals surface area contributed by atoms with Crippen LogP contribution in [0.3, 0.4) is 0 Å². The molecule has 0 rings (SSSR count). The van der Waals surface area contributed by atoms with Crippen molar-refractivity contribution in [1.82, 2.24) is 0 Å². The second-order valence-electron chi connectivity index (χ2n) is 25.7. The van der Waals surface area contributed by atoms with Crippen molar-refractivity contribution in [2.75, 3.05) is 39.6 Å². The van der Waals surface area contributed by atoms with Gasteiger partial charge >= 0.3 is 39.5 Å². The number of aliphatic hydroxyl groups excluding tert-OH is 1. The highest BCUT2D eigenvalue weighted by Gasteiger charge is 2.30. The van der Waals surface area contributed by atoms with Crippen molar-refractivity contribution in [1.29, 1.82) is 0 Å². The summed E-state index contributed by atoms with van der Waals surface area (Å²) in [5, 5.41) is 10.6. The molecule has 0 fully saturated rings. The molecule has 89 heavy (non-hydrogen) atoms. The number of hydrogen-bond donors (Lipinski definition) is 3. The van der Waals surface area contributed by atoms with E-state index >= 15 is 0 Å². The van der Waals surface area contributed by atoms with Crippen LogP contribution in [-0.2, 0) is 65.4 Å². The van der Waals surface area contributed by atoms with Crippen LogP contribution in [0.25, 0.3) is 0 Å². The number of carbonyl (C=O) groups excluding carboxylic acids is 4. The molecule has 0 amide bonds. The first-order valence-corrected chi connectivity index (χ1v) is 39.6. The molecule has 19 heteroatoms. The Hall–Kier alpha value is -1.94. The molecular formula is C70H136O17P2. The Morgan fingerprint density at radius 3 is 0.764 bits per heavy atom. The van der Waals surface area contributed by atoms with Crippen molar-refractivity contribution in [3.8, 4) is 0 Å². The first-order valence-electron chi connectivity index (χ1n) is 36.6. The normalized spacial score (nSPS) is 14.1. The van der Waals surface area contributed by atoms with E-state index in [1.807, 2.05) is 0 Å². The van der Waals surface area contributed by atoms with Crippen LogP contribution >= 0.6 is 15.6 Å². The van der Waals surface area contributed by atoms with Gasteiger partial charge in [0.25, 0.3) is 0 Å². The summed E-state index contributed by atoms with van der Waals surface area (Å²) < 4.78 is 68.2. The largest absolute Gasteiger partial charge is 0.472 e. The van der Waals surface area contributed by atoms with E-state index in [-0.39, 0.29) is 25.7 Å². The smallest absolute Gasteiger partial charge is 0.462 e. The third-order valence-electron chi connectivity index (χ3n) is 16.3. The molecule has 0 aliphatic heterocycles. The van der Waals surface area contributed by atoms with Crippen LogP contribution in [0.1, 0.15) is 362 Å².